The summed E-state index contributed by atoms with van der Waals surface area (Å²) in [6.07, 6.45) is 7.50. The number of carbonyl (C=O) groups excluding carboxylic acids is 2. The van der Waals surface area contributed by atoms with Crippen LogP contribution in [0.15, 0.2) is 12.3 Å². The van der Waals surface area contributed by atoms with Crippen molar-refractivity contribution in [2.45, 2.75) is 58.4 Å². The summed E-state index contributed by atoms with van der Waals surface area (Å²) in [7, 11) is 0. The van der Waals surface area contributed by atoms with Gasteiger partial charge < -0.3 is 9.80 Å². The average Bonchev–Trinajstić information content (AvgIpc) is 2.98. The molecule has 0 saturated carbocycles. The zero-order chi connectivity index (χ0) is 17.1. The van der Waals surface area contributed by atoms with Crippen molar-refractivity contribution in [1.82, 2.24) is 14.8 Å². The second-order valence-corrected chi connectivity index (χ2v) is 7.06. The van der Waals surface area contributed by atoms with Crippen molar-refractivity contribution in [3.8, 4) is 0 Å². The van der Waals surface area contributed by atoms with Crippen molar-refractivity contribution in [3.63, 3.8) is 0 Å². The average molecular weight is 329 g/mol. The molecular weight excluding hydrogens is 302 g/mol. The van der Waals surface area contributed by atoms with E-state index in [1.807, 2.05) is 29.7 Å². The van der Waals surface area contributed by atoms with Crippen molar-refractivity contribution in [2.24, 2.45) is 0 Å². The molecule has 1 aromatic rings. The first-order valence-electron chi connectivity index (χ1n) is 9.08. The van der Waals surface area contributed by atoms with Gasteiger partial charge >= 0.3 is 0 Å². The van der Waals surface area contributed by atoms with Crippen LogP contribution >= 0.6 is 0 Å². The zero-order valence-corrected chi connectivity index (χ0v) is 14.8. The number of aromatic nitrogens is 1. The number of rotatable bonds is 4. The summed E-state index contributed by atoms with van der Waals surface area (Å²) in [5.41, 5.74) is 2.64. The lowest BCUT2D eigenvalue weighted by Gasteiger charge is -2.37. The number of amides is 2. The van der Waals surface area contributed by atoms with Crippen LogP contribution in [0.5, 0.6) is 0 Å². The maximum Gasteiger partial charge on any atom is 0.255 e. The third kappa shape index (κ3) is 3.60. The van der Waals surface area contributed by atoms with E-state index in [4.69, 9.17) is 0 Å². The number of carbonyl (C=O) groups is 2. The molecule has 3 rings (SSSR count). The Morgan fingerprint density at radius 2 is 2.08 bits per heavy atom. The molecule has 0 N–H and O–H groups in total. The Bertz CT molecular complexity index is 629. The number of hydrogen-bond donors (Lipinski definition) is 0. The molecular formula is C19H27N3O2. The van der Waals surface area contributed by atoms with Gasteiger partial charge in [-0.1, -0.05) is 0 Å². The molecule has 2 aliphatic rings. The molecule has 2 amide bonds. The Kier molecular flexibility index (Phi) is 5.17. The van der Waals surface area contributed by atoms with Crippen molar-refractivity contribution in [1.29, 1.82) is 0 Å². The van der Waals surface area contributed by atoms with Gasteiger partial charge in [0.15, 0.2) is 0 Å². The predicted octanol–water partition coefficient (Wildman–Crippen LogP) is 2.71. The minimum Gasteiger partial charge on any atom is -0.343 e. The first-order valence-corrected chi connectivity index (χ1v) is 9.08. The molecule has 130 valence electrons. The lowest BCUT2D eigenvalue weighted by Crippen LogP contribution is -2.45. The summed E-state index contributed by atoms with van der Waals surface area (Å²) in [6.45, 7) is 6.38. The molecule has 0 aromatic carbocycles. The molecule has 3 heterocycles. The molecule has 2 aliphatic heterocycles. The third-order valence-electron chi connectivity index (χ3n) is 5.27. The molecule has 5 heteroatoms. The van der Waals surface area contributed by atoms with E-state index in [0.29, 0.717) is 12.0 Å². The van der Waals surface area contributed by atoms with Gasteiger partial charge in [-0.2, -0.15) is 0 Å². The molecule has 2 saturated heterocycles. The highest BCUT2D eigenvalue weighted by atomic mass is 16.2. The summed E-state index contributed by atoms with van der Waals surface area (Å²) >= 11 is 0. The number of piperidine rings is 1. The van der Waals surface area contributed by atoms with E-state index in [9.17, 15) is 9.59 Å². The van der Waals surface area contributed by atoms with Gasteiger partial charge in [0.2, 0.25) is 5.91 Å². The first kappa shape index (κ1) is 16.9. The van der Waals surface area contributed by atoms with Crippen LogP contribution in [0, 0.1) is 13.8 Å². The van der Waals surface area contributed by atoms with Crippen molar-refractivity contribution in [2.75, 3.05) is 19.6 Å². The second-order valence-electron chi connectivity index (χ2n) is 7.06. The molecule has 0 aliphatic carbocycles. The van der Waals surface area contributed by atoms with Crippen LogP contribution in [-0.4, -0.2) is 52.3 Å². The lowest BCUT2D eigenvalue weighted by molar-refractivity contribution is -0.127. The zero-order valence-electron chi connectivity index (χ0n) is 14.8. The van der Waals surface area contributed by atoms with Crippen LogP contribution in [0.25, 0.3) is 0 Å². The predicted molar refractivity (Wildman–Crippen MR) is 92.8 cm³/mol. The molecule has 0 bridgehead atoms. The quantitative estimate of drug-likeness (QED) is 0.853. The Morgan fingerprint density at radius 1 is 1.25 bits per heavy atom. The second kappa shape index (κ2) is 7.32. The van der Waals surface area contributed by atoms with E-state index in [1.54, 1.807) is 6.20 Å². The molecule has 24 heavy (non-hydrogen) atoms. The Morgan fingerprint density at radius 3 is 2.79 bits per heavy atom. The molecule has 1 aromatic heterocycles. The maximum atomic E-state index is 13.0. The normalized spacial score (nSPS) is 21.4. The molecule has 0 radical (unpaired) electrons. The monoisotopic (exact) mass is 329 g/mol. The molecule has 1 atom stereocenters. The SMILES string of the molecule is Cc1cc(C)c(C(=O)N2CCCC[C@@H]2CCN2CCCC2=O)cn1. The fraction of sp³-hybridized carbons (Fsp3) is 0.632. The van der Waals surface area contributed by atoms with Crippen LogP contribution in [-0.2, 0) is 4.79 Å². The first-order chi connectivity index (χ1) is 11.6. The third-order valence-corrected chi connectivity index (χ3v) is 5.27. The van der Waals surface area contributed by atoms with E-state index in [1.165, 1.54) is 0 Å². The summed E-state index contributed by atoms with van der Waals surface area (Å²) in [4.78, 5) is 33.1. The van der Waals surface area contributed by atoms with Gasteiger partial charge in [0, 0.05) is 44.0 Å². The van der Waals surface area contributed by atoms with Gasteiger partial charge in [0.05, 0.1) is 5.56 Å². The van der Waals surface area contributed by atoms with Crippen LogP contribution in [0.4, 0.5) is 0 Å². The van der Waals surface area contributed by atoms with E-state index in [2.05, 4.69) is 4.98 Å². The van der Waals surface area contributed by atoms with Crippen LogP contribution in [0.2, 0.25) is 0 Å². The Balaban J connectivity index is 1.69. The molecule has 0 unspecified atom stereocenters. The Labute approximate surface area is 144 Å². The number of aryl methyl sites for hydroxylation is 2. The van der Waals surface area contributed by atoms with E-state index in [0.717, 1.165) is 63.0 Å². The van der Waals surface area contributed by atoms with Gasteiger partial charge in [0.1, 0.15) is 0 Å². The summed E-state index contributed by atoms with van der Waals surface area (Å²) in [6, 6.07) is 2.20. The minimum absolute atomic E-state index is 0.0949. The van der Waals surface area contributed by atoms with Crippen molar-refractivity contribution >= 4 is 11.8 Å². The molecule has 5 nitrogen and oxygen atoms in total. The van der Waals surface area contributed by atoms with Gasteiger partial charge in [-0.25, -0.2) is 0 Å². The van der Waals surface area contributed by atoms with Crippen molar-refractivity contribution < 1.29 is 9.59 Å². The summed E-state index contributed by atoms with van der Waals surface area (Å²) in [5.74, 6) is 0.361. The molecule has 0 spiro atoms. The highest BCUT2D eigenvalue weighted by Gasteiger charge is 2.29. The van der Waals surface area contributed by atoms with E-state index in [-0.39, 0.29) is 17.9 Å². The van der Waals surface area contributed by atoms with Crippen LogP contribution < -0.4 is 0 Å². The highest BCUT2D eigenvalue weighted by molar-refractivity contribution is 5.95. The summed E-state index contributed by atoms with van der Waals surface area (Å²) in [5, 5.41) is 0. The fourth-order valence-corrected chi connectivity index (χ4v) is 3.89. The number of hydrogen-bond acceptors (Lipinski definition) is 3. The maximum absolute atomic E-state index is 13.0. The largest absolute Gasteiger partial charge is 0.343 e. The van der Waals surface area contributed by atoms with E-state index < -0.39 is 0 Å². The topological polar surface area (TPSA) is 53.5 Å². The Hall–Kier alpha value is -1.91. The highest BCUT2D eigenvalue weighted by Crippen LogP contribution is 2.24. The minimum atomic E-state index is 0.0949. The van der Waals surface area contributed by atoms with Crippen molar-refractivity contribution in [3.05, 3.63) is 29.1 Å². The van der Waals surface area contributed by atoms with Gasteiger partial charge in [-0.3, -0.25) is 14.6 Å². The van der Waals surface area contributed by atoms with Gasteiger partial charge in [0.25, 0.3) is 5.91 Å². The van der Waals surface area contributed by atoms with Gasteiger partial charge in [-0.05, 0) is 57.6 Å². The van der Waals surface area contributed by atoms with Gasteiger partial charge in [-0.15, -0.1) is 0 Å². The summed E-state index contributed by atoms with van der Waals surface area (Å²) < 4.78 is 0. The number of likely N-dealkylation sites (tertiary alicyclic amines) is 2. The smallest absolute Gasteiger partial charge is 0.255 e. The van der Waals surface area contributed by atoms with E-state index >= 15 is 0 Å². The standard InChI is InChI=1S/C19H27N3O2/c1-14-12-15(2)20-13-17(14)19(24)22-10-4-3-6-16(22)8-11-21-9-5-7-18(21)23/h12-13,16H,3-11H2,1-2H3/t16-/m1/s1. The van der Waals surface area contributed by atoms with Crippen LogP contribution in [0.3, 0.4) is 0 Å². The fourth-order valence-electron chi connectivity index (χ4n) is 3.89. The van der Waals surface area contributed by atoms with Crippen LogP contribution in [0.1, 0.15) is 60.1 Å². The molecule has 2 fully saturated rings. The number of nitrogens with zero attached hydrogens (tertiary/aromatic N) is 3. The number of pyridine rings is 1. The lowest BCUT2D eigenvalue weighted by atomic mass is 9.97.